The molecule has 0 aromatic rings. The third-order valence-corrected chi connectivity index (χ3v) is 2.07. The van der Waals surface area contributed by atoms with E-state index < -0.39 is 0 Å². The predicted molar refractivity (Wildman–Crippen MR) is 41.6 cm³/mol. The van der Waals surface area contributed by atoms with E-state index in [1.807, 2.05) is 6.92 Å². The Morgan fingerprint density at radius 3 is 2.50 bits per heavy atom. The average Bonchev–Trinajstić information content (AvgIpc) is 1.68. The van der Waals surface area contributed by atoms with Crippen molar-refractivity contribution < 1.29 is 9.22 Å². The van der Waals surface area contributed by atoms with Gasteiger partial charge in [-0.1, -0.05) is 14.4 Å². The first-order chi connectivity index (χ1) is 3.31. The molecule has 0 aromatic carbocycles. The Labute approximate surface area is 55.8 Å². The molecule has 0 aliphatic rings. The molecule has 2 nitrogen and oxygen atoms in total. The Kier molecular flexibility index (Phi) is 9.33. The SMILES string of the molecule is C.CCC(=O)O[SiH2][SiH3]. The lowest BCUT2D eigenvalue weighted by molar-refractivity contribution is -0.133. The number of rotatable bonds is 2. The zero-order valence-electron chi connectivity index (χ0n) is 4.73. The summed E-state index contributed by atoms with van der Waals surface area (Å²) in [6.07, 6.45) is 0.537. The average molecular weight is 150 g/mol. The highest BCUT2D eigenvalue weighted by molar-refractivity contribution is 6.86. The second-order valence-corrected chi connectivity index (χ2v) is 3.76. The van der Waals surface area contributed by atoms with Gasteiger partial charge in [-0.2, -0.15) is 0 Å². The van der Waals surface area contributed by atoms with Crippen LogP contribution in [0.4, 0.5) is 0 Å². The van der Waals surface area contributed by atoms with Crippen molar-refractivity contribution in [3.8, 4) is 0 Å². The molecule has 0 atom stereocenters. The molecule has 0 heterocycles. The molecule has 4 heteroatoms. The largest absolute Gasteiger partial charge is 0.529 e. The van der Waals surface area contributed by atoms with E-state index in [2.05, 4.69) is 0 Å². The first kappa shape index (κ1) is 10.8. The highest BCUT2D eigenvalue weighted by Gasteiger charge is 1.90. The second-order valence-electron chi connectivity index (χ2n) is 1.16. The van der Waals surface area contributed by atoms with Crippen LogP contribution in [0.1, 0.15) is 20.8 Å². The fourth-order valence-corrected chi connectivity index (χ4v) is 1.76. The minimum atomic E-state index is -0.355. The van der Waals surface area contributed by atoms with Gasteiger partial charge in [0, 0.05) is 16.2 Å². The topological polar surface area (TPSA) is 26.3 Å². The van der Waals surface area contributed by atoms with Crippen LogP contribution >= 0.6 is 0 Å². The number of hydrogen-bond acceptors (Lipinski definition) is 2. The third-order valence-electron chi connectivity index (χ3n) is 0.594. The highest BCUT2D eigenvalue weighted by atomic mass is 29.1. The number of hydrogen-bond donors (Lipinski definition) is 0. The van der Waals surface area contributed by atoms with Crippen molar-refractivity contribution in [2.75, 3.05) is 0 Å². The van der Waals surface area contributed by atoms with Crippen LogP contribution < -0.4 is 0 Å². The Bertz CT molecular complexity index is 65.1. The molecular weight excluding hydrogens is 136 g/mol. The molecule has 0 aliphatic carbocycles. The predicted octanol–water partition coefficient (Wildman–Crippen LogP) is -1.06. The van der Waals surface area contributed by atoms with Crippen LogP contribution in [0.2, 0.25) is 0 Å². The molecule has 50 valence electrons. The Hall–Kier alpha value is -0.0962. The van der Waals surface area contributed by atoms with Crippen LogP contribution in [0.5, 0.6) is 0 Å². The summed E-state index contributed by atoms with van der Waals surface area (Å²) in [5.41, 5.74) is 0. The van der Waals surface area contributed by atoms with Crippen molar-refractivity contribution in [3.63, 3.8) is 0 Å². The summed E-state index contributed by atoms with van der Waals surface area (Å²) in [4.78, 5) is 10.2. The van der Waals surface area contributed by atoms with Crippen molar-refractivity contribution in [2.24, 2.45) is 0 Å². The zero-order chi connectivity index (χ0) is 5.70. The Morgan fingerprint density at radius 2 is 2.38 bits per heavy atom. The van der Waals surface area contributed by atoms with Gasteiger partial charge < -0.3 is 4.43 Å². The molecule has 8 heavy (non-hydrogen) atoms. The van der Waals surface area contributed by atoms with E-state index in [4.69, 9.17) is 4.43 Å². The van der Waals surface area contributed by atoms with Gasteiger partial charge in [0.1, 0.15) is 0 Å². The molecular formula is C4H14O2Si2. The fraction of sp³-hybridized carbons (Fsp3) is 0.750. The molecule has 0 aliphatic heterocycles. The highest BCUT2D eigenvalue weighted by Crippen LogP contribution is 1.77. The molecule has 0 fully saturated rings. The summed E-state index contributed by atoms with van der Waals surface area (Å²) in [5, 5.41) is 0. The maximum absolute atomic E-state index is 10.2. The Balaban J connectivity index is 0. The van der Waals surface area contributed by atoms with Crippen LogP contribution in [0.15, 0.2) is 0 Å². The van der Waals surface area contributed by atoms with Gasteiger partial charge >= 0.3 is 0 Å². The first-order valence-electron chi connectivity index (χ1n) is 2.46. The fourth-order valence-electron chi connectivity index (χ4n) is 0.263. The summed E-state index contributed by atoms with van der Waals surface area (Å²) in [5.74, 6) is -0.0262. The van der Waals surface area contributed by atoms with E-state index in [1.54, 1.807) is 0 Å². The van der Waals surface area contributed by atoms with Crippen molar-refractivity contribution in [2.45, 2.75) is 20.8 Å². The van der Waals surface area contributed by atoms with E-state index in [-0.39, 0.29) is 22.7 Å². The Morgan fingerprint density at radius 1 is 1.88 bits per heavy atom. The quantitative estimate of drug-likeness (QED) is 0.469. The smallest absolute Gasteiger partial charge is 0.291 e. The summed E-state index contributed by atoms with van der Waals surface area (Å²) in [7, 11) is 0.732. The van der Waals surface area contributed by atoms with Crippen LogP contribution in [0.25, 0.3) is 0 Å². The molecule has 0 N–H and O–H groups in total. The van der Waals surface area contributed by atoms with Crippen molar-refractivity contribution in [1.82, 2.24) is 0 Å². The molecule has 0 spiro atoms. The monoisotopic (exact) mass is 150 g/mol. The minimum absolute atomic E-state index is 0. The molecule has 0 rings (SSSR count). The van der Waals surface area contributed by atoms with Gasteiger partial charge in [0.25, 0.3) is 5.97 Å². The van der Waals surface area contributed by atoms with Crippen molar-refractivity contribution in [3.05, 3.63) is 0 Å². The van der Waals surface area contributed by atoms with Gasteiger partial charge in [-0.3, -0.25) is 4.79 Å². The molecule has 0 bridgehead atoms. The van der Waals surface area contributed by atoms with E-state index in [0.29, 0.717) is 6.42 Å². The third kappa shape index (κ3) is 5.90. The summed E-state index contributed by atoms with van der Waals surface area (Å²) in [6, 6.07) is 0. The van der Waals surface area contributed by atoms with Crippen molar-refractivity contribution >= 4 is 25.0 Å². The maximum atomic E-state index is 10.2. The maximum Gasteiger partial charge on any atom is 0.291 e. The van der Waals surface area contributed by atoms with Gasteiger partial charge in [-0.15, -0.1) is 0 Å². The molecule has 0 unspecified atom stereocenters. The van der Waals surface area contributed by atoms with Gasteiger partial charge in [-0.05, 0) is 0 Å². The lowest BCUT2D eigenvalue weighted by Gasteiger charge is -1.94. The summed E-state index contributed by atoms with van der Waals surface area (Å²) >= 11 is 0. The normalized spacial score (nSPS) is 9.12. The van der Waals surface area contributed by atoms with E-state index in [1.165, 1.54) is 0 Å². The van der Waals surface area contributed by atoms with Crippen LogP contribution in [0.3, 0.4) is 0 Å². The lowest BCUT2D eigenvalue weighted by Crippen LogP contribution is -2.06. The van der Waals surface area contributed by atoms with Gasteiger partial charge in [0.2, 0.25) is 0 Å². The van der Waals surface area contributed by atoms with Crippen molar-refractivity contribution in [1.29, 1.82) is 0 Å². The standard InChI is InChI=1S/C3H10O2Si2.CH4/c1-2-3(4)5-7-6;/h2,7H2,1,6H3;1H4. The lowest BCUT2D eigenvalue weighted by atomic mass is 10.5. The molecule has 0 saturated carbocycles. The number of carbonyl (C=O) groups is 1. The molecule has 0 aromatic heterocycles. The first-order valence-corrected chi connectivity index (χ1v) is 8.70. The van der Waals surface area contributed by atoms with E-state index in [0.717, 1.165) is 9.76 Å². The summed E-state index contributed by atoms with van der Waals surface area (Å²) < 4.78 is 4.75. The minimum Gasteiger partial charge on any atom is -0.529 e. The summed E-state index contributed by atoms with van der Waals surface area (Å²) in [6.45, 7) is 1.81. The van der Waals surface area contributed by atoms with Gasteiger partial charge in [0.15, 0.2) is 9.28 Å². The second kappa shape index (κ2) is 6.90. The van der Waals surface area contributed by atoms with E-state index in [9.17, 15) is 4.79 Å². The molecule has 0 saturated heterocycles. The van der Waals surface area contributed by atoms with Gasteiger partial charge in [0.05, 0.1) is 0 Å². The molecule has 0 amide bonds. The molecule has 0 radical (unpaired) electrons. The van der Waals surface area contributed by atoms with E-state index >= 15 is 0 Å². The van der Waals surface area contributed by atoms with Crippen LogP contribution in [0, 0.1) is 0 Å². The van der Waals surface area contributed by atoms with Crippen LogP contribution in [-0.4, -0.2) is 25.0 Å². The van der Waals surface area contributed by atoms with Gasteiger partial charge in [-0.25, -0.2) is 0 Å². The number of carbonyl (C=O) groups excluding carboxylic acids is 1. The van der Waals surface area contributed by atoms with Crippen LogP contribution in [-0.2, 0) is 9.22 Å². The zero-order valence-corrected chi connectivity index (χ0v) is 8.14.